The lowest BCUT2D eigenvalue weighted by Gasteiger charge is -1.98. The van der Waals surface area contributed by atoms with E-state index < -0.39 is 0 Å². The van der Waals surface area contributed by atoms with E-state index in [0.717, 1.165) is 16.3 Å². The largest absolute Gasteiger partial charge is 0.284 e. The number of hydrogen-bond acceptors (Lipinski definition) is 3. The van der Waals surface area contributed by atoms with Crippen LogP contribution in [0.15, 0.2) is 30.6 Å². The Bertz CT molecular complexity index is 690. The van der Waals surface area contributed by atoms with Gasteiger partial charge in [-0.05, 0) is 6.07 Å². The van der Waals surface area contributed by atoms with E-state index in [1.807, 2.05) is 12.1 Å². The van der Waals surface area contributed by atoms with Crippen molar-refractivity contribution in [3.8, 4) is 6.07 Å². The quantitative estimate of drug-likeness (QED) is 0.595. The Balaban J connectivity index is 2.61. The van der Waals surface area contributed by atoms with E-state index in [4.69, 9.17) is 5.26 Å². The van der Waals surface area contributed by atoms with E-state index in [1.165, 1.54) is 0 Å². The minimum atomic E-state index is 0.581. The number of rotatable bonds is 0. The molecule has 4 heteroatoms. The van der Waals surface area contributed by atoms with E-state index in [0.29, 0.717) is 11.1 Å². The van der Waals surface area contributed by atoms with Crippen molar-refractivity contribution in [1.82, 2.24) is 15.2 Å². The molecule has 0 aliphatic carbocycles. The van der Waals surface area contributed by atoms with Crippen LogP contribution in [0, 0.1) is 11.3 Å². The molecule has 0 saturated carbocycles. The third kappa shape index (κ3) is 1.00. The van der Waals surface area contributed by atoms with Gasteiger partial charge in [0.2, 0.25) is 0 Å². The summed E-state index contributed by atoms with van der Waals surface area (Å²) in [6.45, 7) is 0. The molecule has 3 rings (SSSR count). The highest BCUT2D eigenvalue weighted by atomic mass is 15.1. The zero-order valence-corrected chi connectivity index (χ0v) is 7.73. The van der Waals surface area contributed by atoms with Gasteiger partial charge in [0, 0.05) is 23.2 Å². The van der Waals surface area contributed by atoms with Crippen LogP contribution >= 0.6 is 0 Å². The molecule has 2 aromatic heterocycles. The number of nitrogens with zero attached hydrogens (tertiary/aromatic N) is 3. The molecule has 0 unspecified atom stereocenters. The highest BCUT2D eigenvalue weighted by molar-refractivity contribution is 6.04. The van der Waals surface area contributed by atoms with Crippen LogP contribution in [-0.2, 0) is 0 Å². The summed E-state index contributed by atoms with van der Waals surface area (Å²) in [6.07, 6.45) is 3.52. The molecule has 0 radical (unpaired) electrons. The Kier molecular flexibility index (Phi) is 1.48. The molecule has 15 heavy (non-hydrogen) atoms. The third-order valence-corrected chi connectivity index (χ3v) is 2.41. The van der Waals surface area contributed by atoms with Crippen LogP contribution in [-0.4, -0.2) is 15.2 Å². The monoisotopic (exact) mass is 194 g/mol. The minimum absolute atomic E-state index is 0.581. The number of aromatic amines is 1. The second-order valence-corrected chi connectivity index (χ2v) is 3.26. The van der Waals surface area contributed by atoms with Crippen LogP contribution in [0.1, 0.15) is 5.56 Å². The Hall–Kier alpha value is -2.41. The molecule has 0 amide bonds. The maximum Gasteiger partial charge on any atom is 0.103 e. The van der Waals surface area contributed by atoms with Crippen molar-refractivity contribution in [2.45, 2.75) is 0 Å². The Labute approximate surface area is 85.2 Å². The number of nitrogens with one attached hydrogen (secondary N) is 1. The molecule has 2 heterocycles. The van der Waals surface area contributed by atoms with Gasteiger partial charge in [-0.3, -0.25) is 10.1 Å². The molecule has 3 aromatic rings. The third-order valence-electron chi connectivity index (χ3n) is 2.41. The van der Waals surface area contributed by atoms with Gasteiger partial charge in [0.15, 0.2) is 0 Å². The number of para-hydroxylation sites is 1. The number of benzene rings is 1. The van der Waals surface area contributed by atoms with Crippen LogP contribution < -0.4 is 0 Å². The average Bonchev–Trinajstić information content (AvgIpc) is 2.76. The fraction of sp³-hybridized carbons (Fsp3) is 0. The van der Waals surface area contributed by atoms with Gasteiger partial charge in [-0.25, -0.2) is 0 Å². The highest BCUT2D eigenvalue weighted by Gasteiger charge is 2.06. The lowest BCUT2D eigenvalue weighted by Crippen LogP contribution is -1.84. The second-order valence-electron chi connectivity index (χ2n) is 3.26. The van der Waals surface area contributed by atoms with Gasteiger partial charge in [-0.2, -0.15) is 10.4 Å². The molecule has 0 aliphatic rings. The fourth-order valence-electron chi connectivity index (χ4n) is 1.71. The Morgan fingerprint density at radius 1 is 1.27 bits per heavy atom. The predicted molar refractivity (Wildman–Crippen MR) is 56.1 cm³/mol. The van der Waals surface area contributed by atoms with Crippen molar-refractivity contribution in [3.05, 3.63) is 36.2 Å². The smallest absolute Gasteiger partial charge is 0.103 e. The van der Waals surface area contributed by atoms with Gasteiger partial charge in [0.25, 0.3) is 0 Å². The molecule has 0 fully saturated rings. The van der Waals surface area contributed by atoms with Gasteiger partial charge in [0.05, 0.1) is 11.1 Å². The van der Waals surface area contributed by atoms with Gasteiger partial charge in [-0.1, -0.05) is 12.1 Å². The molecule has 0 atom stereocenters. The predicted octanol–water partition coefficient (Wildman–Crippen LogP) is 1.98. The van der Waals surface area contributed by atoms with E-state index in [-0.39, 0.29) is 0 Å². The van der Waals surface area contributed by atoms with E-state index in [2.05, 4.69) is 21.3 Å². The first kappa shape index (κ1) is 7.94. The van der Waals surface area contributed by atoms with Crippen molar-refractivity contribution >= 4 is 21.8 Å². The molecule has 1 N–H and O–H groups in total. The second kappa shape index (κ2) is 2.79. The van der Waals surface area contributed by atoms with Crippen molar-refractivity contribution in [2.75, 3.05) is 0 Å². The summed E-state index contributed by atoms with van der Waals surface area (Å²) in [5.41, 5.74) is 2.15. The number of hydrogen-bond donors (Lipinski definition) is 1. The number of H-pyrrole nitrogens is 1. The SMILES string of the molecule is N#Cc1cccc2c1ncc1c[nH]nc12. The first-order valence-corrected chi connectivity index (χ1v) is 4.51. The standard InChI is InChI=1S/C11H6N4/c12-4-7-2-1-3-9-10(7)13-5-8-6-14-15-11(8)9/h1-3,5-6H,(H,14,15). The molecule has 0 bridgehead atoms. The van der Waals surface area contributed by atoms with Crippen LogP contribution in [0.5, 0.6) is 0 Å². The number of aromatic nitrogens is 3. The summed E-state index contributed by atoms with van der Waals surface area (Å²) in [5, 5.41) is 17.7. The van der Waals surface area contributed by atoms with Crippen LogP contribution in [0.25, 0.3) is 21.8 Å². The molecule has 1 aromatic carbocycles. The van der Waals surface area contributed by atoms with Crippen molar-refractivity contribution in [1.29, 1.82) is 5.26 Å². The highest BCUT2D eigenvalue weighted by Crippen LogP contribution is 2.23. The van der Waals surface area contributed by atoms with E-state index in [9.17, 15) is 0 Å². The van der Waals surface area contributed by atoms with E-state index in [1.54, 1.807) is 18.5 Å². The first-order valence-electron chi connectivity index (χ1n) is 4.51. The van der Waals surface area contributed by atoms with Crippen molar-refractivity contribution in [3.63, 3.8) is 0 Å². The van der Waals surface area contributed by atoms with Gasteiger partial charge < -0.3 is 0 Å². The minimum Gasteiger partial charge on any atom is -0.284 e. The summed E-state index contributed by atoms with van der Waals surface area (Å²) in [7, 11) is 0. The molecule has 0 saturated heterocycles. The maximum atomic E-state index is 8.94. The topological polar surface area (TPSA) is 65.4 Å². The number of pyridine rings is 1. The first-order chi connectivity index (χ1) is 7.40. The number of fused-ring (bicyclic) bond motifs is 3. The summed E-state index contributed by atoms with van der Waals surface area (Å²) < 4.78 is 0. The maximum absolute atomic E-state index is 8.94. The molecular formula is C11H6N4. The fourth-order valence-corrected chi connectivity index (χ4v) is 1.71. The average molecular weight is 194 g/mol. The zero-order valence-electron chi connectivity index (χ0n) is 7.73. The lowest BCUT2D eigenvalue weighted by molar-refractivity contribution is 1.12. The summed E-state index contributed by atoms with van der Waals surface area (Å²) in [4.78, 5) is 4.27. The molecule has 70 valence electrons. The summed E-state index contributed by atoms with van der Waals surface area (Å²) >= 11 is 0. The lowest BCUT2D eigenvalue weighted by atomic mass is 10.1. The Morgan fingerprint density at radius 2 is 2.20 bits per heavy atom. The van der Waals surface area contributed by atoms with Crippen LogP contribution in [0.3, 0.4) is 0 Å². The van der Waals surface area contributed by atoms with Crippen molar-refractivity contribution in [2.24, 2.45) is 0 Å². The van der Waals surface area contributed by atoms with Gasteiger partial charge >= 0.3 is 0 Å². The normalized spacial score (nSPS) is 10.6. The van der Waals surface area contributed by atoms with Gasteiger partial charge in [0.1, 0.15) is 11.6 Å². The summed E-state index contributed by atoms with van der Waals surface area (Å²) in [5.74, 6) is 0. The molecular weight excluding hydrogens is 188 g/mol. The van der Waals surface area contributed by atoms with Crippen LogP contribution in [0.2, 0.25) is 0 Å². The van der Waals surface area contributed by atoms with Gasteiger partial charge in [-0.15, -0.1) is 0 Å². The Morgan fingerprint density at radius 3 is 3.07 bits per heavy atom. The van der Waals surface area contributed by atoms with E-state index >= 15 is 0 Å². The molecule has 4 nitrogen and oxygen atoms in total. The summed E-state index contributed by atoms with van der Waals surface area (Å²) in [6, 6.07) is 7.65. The molecule has 0 spiro atoms. The van der Waals surface area contributed by atoms with Crippen LogP contribution in [0.4, 0.5) is 0 Å². The van der Waals surface area contributed by atoms with Crippen molar-refractivity contribution < 1.29 is 0 Å². The molecule has 0 aliphatic heterocycles. The zero-order chi connectivity index (χ0) is 10.3. The number of nitriles is 1.